The summed E-state index contributed by atoms with van der Waals surface area (Å²) in [7, 11) is 0. The van der Waals surface area contributed by atoms with Gasteiger partial charge in [-0.2, -0.15) is 0 Å². The van der Waals surface area contributed by atoms with Crippen molar-refractivity contribution < 1.29 is 39.8 Å². The Morgan fingerprint density at radius 3 is 1.14 bits per heavy atom. The number of ether oxygens (including phenoxy) is 2. The second kappa shape index (κ2) is 54.8. The number of carbonyl (C=O) groups excluding carboxylic acids is 1. The van der Waals surface area contributed by atoms with Crippen LogP contribution in [-0.2, 0) is 14.3 Å². The van der Waals surface area contributed by atoms with Crippen molar-refractivity contribution in [1.82, 2.24) is 5.32 Å². The Bertz CT molecular complexity index is 1260. The molecule has 9 nitrogen and oxygen atoms in total. The summed E-state index contributed by atoms with van der Waals surface area (Å²) in [5.41, 5.74) is 0. The summed E-state index contributed by atoms with van der Waals surface area (Å²) in [5.74, 6) is -0.185. The minimum absolute atomic E-state index is 0.185. The molecule has 7 unspecified atom stereocenters. The van der Waals surface area contributed by atoms with Gasteiger partial charge in [0.2, 0.25) is 5.91 Å². The Labute approximate surface area is 457 Å². The first-order valence-electron chi connectivity index (χ1n) is 32.2. The molecule has 6 N–H and O–H groups in total. The minimum Gasteiger partial charge on any atom is -0.394 e. The van der Waals surface area contributed by atoms with Gasteiger partial charge >= 0.3 is 0 Å². The smallest absolute Gasteiger partial charge is 0.220 e. The van der Waals surface area contributed by atoms with Crippen LogP contribution in [0.4, 0.5) is 0 Å². The van der Waals surface area contributed by atoms with E-state index in [0.717, 1.165) is 44.9 Å². The van der Waals surface area contributed by atoms with E-state index in [9.17, 15) is 30.3 Å². The maximum absolute atomic E-state index is 13.1. The van der Waals surface area contributed by atoms with Gasteiger partial charge in [0.05, 0.1) is 25.4 Å². The normalized spacial score (nSPS) is 19.1. The van der Waals surface area contributed by atoms with E-state index in [2.05, 4.69) is 43.5 Å². The Hall–Kier alpha value is -1.59. The number of aliphatic hydroxyl groups is 5. The molecule has 1 rings (SSSR count). The molecule has 1 saturated heterocycles. The van der Waals surface area contributed by atoms with Crippen LogP contribution in [0.25, 0.3) is 0 Å². The van der Waals surface area contributed by atoms with E-state index in [1.807, 2.05) is 6.08 Å². The van der Waals surface area contributed by atoms with Crippen LogP contribution < -0.4 is 5.32 Å². The summed E-state index contributed by atoms with van der Waals surface area (Å²) >= 11 is 0. The molecule has 1 heterocycles. The molecular formula is C65H123NO8. The lowest BCUT2D eigenvalue weighted by molar-refractivity contribution is -0.302. The van der Waals surface area contributed by atoms with Gasteiger partial charge in [-0.25, -0.2) is 0 Å². The number of amides is 1. The summed E-state index contributed by atoms with van der Waals surface area (Å²) in [6.07, 6.45) is 65.3. The fraction of sp³-hybridized carbons (Fsp3) is 0.892. The number of rotatable bonds is 56. The van der Waals surface area contributed by atoms with Crippen LogP contribution in [0.2, 0.25) is 0 Å². The number of allylic oxidation sites excluding steroid dienone is 5. The third-order valence-corrected chi connectivity index (χ3v) is 15.4. The lowest BCUT2D eigenvalue weighted by atomic mass is 9.99. The fourth-order valence-corrected chi connectivity index (χ4v) is 10.4. The highest BCUT2D eigenvalue weighted by atomic mass is 16.7. The van der Waals surface area contributed by atoms with E-state index >= 15 is 0 Å². The lowest BCUT2D eigenvalue weighted by Crippen LogP contribution is -2.60. The van der Waals surface area contributed by atoms with Crippen molar-refractivity contribution in [3.8, 4) is 0 Å². The molecule has 1 amide bonds. The van der Waals surface area contributed by atoms with Gasteiger partial charge in [0, 0.05) is 6.42 Å². The molecule has 0 aliphatic carbocycles. The molecule has 7 atom stereocenters. The molecule has 1 aliphatic rings. The Morgan fingerprint density at radius 1 is 0.446 bits per heavy atom. The monoisotopic (exact) mass is 1050 g/mol. The van der Waals surface area contributed by atoms with Gasteiger partial charge in [-0.1, -0.05) is 301 Å². The van der Waals surface area contributed by atoms with E-state index in [0.29, 0.717) is 6.42 Å². The van der Waals surface area contributed by atoms with Crippen molar-refractivity contribution in [1.29, 1.82) is 0 Å². The standard InChI is InChI=1S/C65H123NO8/c1-3-5-7-9-11-13-15-17-19-21-23-25-26-27-28-29-30-31-32-33-35-36-38-40-42-44-46-48-50-52-54-59(68)58(57-73-65-64(72)63(71)62(70)60(56-67)74-65)66-61(69)55-53-51-49-47-45-43-41-39-37-34-24-22-20-18-16-14-12-10-8-6-4-2/h36,38,44,46,52,54,58-60,62-65,67-68,70-72H,3-35,37,39-43,45,47-51,53,55-57H2,1-2H3,(H,66,69)/b38-36+,46-44+,54-52+. The maximum atomic E-state index is 13.1. The number of unbranched alkanes of at least 4 members (excludes halogenated alkanes) is 42. The number of hydrogen-bond acceptors (Lipinski definition) is 8. The maximum Gasteiger partial charge on any atom is 0.220 e. The first-order valence-corrected chi connectivity index (χ1v) is 32.2. The summed E-state index contributed by atoms with van der Waals surface area (Å²) in [5, 5.41) is 54.6. The van der Waals surface area contributed by atoms with E-state index in [1.165, 1.54) is 250 Å². The fourth-order valence-electron chi connectivity index (χ4n) is 10.4. The lowest BCUT2D eigenvalue weighted by Gasteiger charge is -2.40. The van der Waals surface area contributed by atoms with Crippen LogP contribution in [0.1, 0.15) is 316 Å². The van der Waals surface area contributed by atoms with Gasteiger partial charge in [-0.3, -0.25) is 4.79 Å². The summed E-state index contributed by atoms with van der Waals surface area (Å²) in [6, 6.07) is -0.827. The Morgan fingerprint density at radius 2 is 0.770 bits per heavy atom. The second-order valence-electron chi connectivity index (χ2n) is 22.5. The minimum atomic E-state index is -1.57. The third-order valence-electron chi connectivity index (χ3n) is 15.4. The number of aliphatic hydroxyl groups excluding tert-OH is 5. The number of carbonyl (C=O) groups is 1. The molecule has 0 aromatic rings. The van der Waals surface area contributed by atoms with Crippen molar-refractivity contribution in [3.63, 3.8) is 0 Å². The van der Waals surface area contributed by atoms with Gasteiger partial charge < -0.3 is 40.3 Å². The number of hydrogen-bond donors (Lipinski definition) is 6. The van der Waals surface area contributed by atoms with Crippen molar-refractivity contribution in [3.05, 3.63) is 36.5 Å². The van der Waals surface area contributed by atoms with E-state index in [4.69, 9.17) is 9.47 Å². The SMILES string of the molecule is CCCCCCCCCCCCCCCCCCCCCC/C=C/CC/C=C/CC/C=C/C(O)C(COC1OC(CO)C(O)C(O)C1O)NC(=O)CCCCCCCCCCCCCCCCCCCCCCC. The van der Waals surface area contributed by atoms with Crippen LogP contribution in [0.5, 0.6) is 0 Å². The quantitative estimate of drug-likeness (QED) is 0.0261. The predicted molar refractivity (Wildman–Crippen MR) is 313 cm³/mol. The highest BCUT2D eigenvalue weighted by Crippen LogP contribution is 2.23. The first kappa shape index (κ1) is 70.4. The van der Waals surface area contributed by atoms with Crippen molar-refractivity contribution in [2.45, 2.75) is 358 Å². The molecule has 74 heavy (non-hydrogen) atoms. The molecule has 0 aromatic heterocycles. The third kappa shape index (κ3) is 43.4. The summed E-state index contributed by atoms with van der Waals surface area (Å²) in [4.78, 5) is 13.1. The Kier molecular flexibility index (Phi) is 52.1. The average molecular weight is 1050 g/mol. The zero-order valence-corrected chi connectivity index (χ0v) is 48.6. The summed E-state index contributed by atoms with van der Waals surface area (Å²) in [6.45, 7) is 3.80. The topological polar surface area (TPSA) is 149 Å². The van der Waals surface area contributed by atoms with Crippen molar-refractivity contribution >= 4 is 5.91 Å². The number of nitrogens with one attached hydrogen (secondary N) is 1. The zero-order valence-electron chi connectivity index (χ0n) is 48.6. The van der Waals surface area contributed by atoms with E-state index in [1.54, 1.807) is 6.08 Å². The van der Waals surface area contributed by atoms with Gasteiger partial charge in [0.1, 0.15) is 24.4 Å². The molecule has 0 radical (unpaired) electrons. The molecule has 436 valence electrons. The molecule has 9 heteroatoms. The van der Waals surface area contributed by atoms with Gasteiger partial charge in [0.25, 0.3) is 0 Å². The molecule has 1 fully saturated rings. The van der Waals surface area contributed by atoms with Gasteiger partial charge in [0.15, 0.2) is 6.29 Å². The van der Waals surface area contributed by atoms with Crippen LogP contribution in [0, 0.1) is 0 Å². The van der Waals surface area contributed by atoms with Crippen LogP contribution in [0.15, 0.2) is 36.5 Å². The van der Waals surface area contributed by atoms with Gasteiger partial charge in [-0.05, 0) is 44.9 Å². The van der Waals surface area contributed by atoms with Crippen molar-refractivity contribution in [2.24, 2.45) is 0 Å². The molecule has 0 aromatic carbocycles. The van der Waals surface area contributed by atoms with E-state index < -0.39 is 49.5 Å². The first-order chi connectivity index (χ1) is 36.3. The second-order valence-corrected chi connectivity index (χ2v) is 22.5. The van der Waals surface area contributed by atoms with Crippen molar-refractivity contribution in [2.75, 3.05) is 13.2 Å². The Balaban J connectivity index is 2.20. The molecule has 0 spiro atoms. The zero-order chi connectivity index (χ0) is 53.6. The average Bonchev–Trinajstić information content (AvgIpc) is 3.40. The largest absolute Gasteiger partial charge is 0.394 e. The summed E-state index contributed by atoms with van der Waals surface area (Å²) < 4.78 is 11.3. The van der Waals surface area contributed by atoms with Gasteiger partial charge in [-0.15, -0.1) is 0 Å². The highest BCUT2D eigenvalue weighted by Gasteiger charge is 2.44. The highest BCUT2D eigenvalue weighted by molar-refractivity contribution is 5.76. The van der Waals surface area contributed by atoms with Crippen LogP contribution >= 0.6 is 0 Å². The van der Waals surface area contributed by atoms with Crippen LogP contribution in [-0.4, -0.2) is 87.5 Å². The molecule has 0 bridgehead atoms. The predicted octanol–water partition coefficient (Wildman–Crippen LogP) is 16.7. The molecule has 1 aliphatic heterocycles. The van der Waals surface area contributed by atoms with Crippen LogP contribution in [0.3, 0.4) is 0 Å². The van der Waals surface area contributed by atoms with E-state index in [-0.39, 0.29) is 12.5 Å². The molecular weight excluding hydrogens is 923 g/mol. The molecule has 0 saturated carbocycles.